The topological polar surface area (TPSA) is 57.2 Å². The third-order valence-corrected chi connectivity index (χ3v) is 4.29. The highest BCUT2D eigenvalue weighted by Gasteiger charge is 2.13. The number of phenols is 1. The van der Waals surface area contributed by atoms with Gasteiger partial charge in [0.25, 0.3) is 0 Å². The molecule has 2 aromatic rings. The average Bonchev–Trinajstić information content (AvgIpc) is 2.58. The summed E-state index contributed by atoms with van der Waals surface area (Å²) in [6.07, 6.45) is 8.32. The van der Waals surface area contributed by atoms with Crippen LogP contribution in [0.5, 0.6) is 5.75 Å². The first-order valence-corrected chi connectivity index (χ1v) is 8.16. The van der Waals surface area contributed by atoms with Crippen LogP contribution in [0.4, 0.5) is 21.6 Å². The molecule has 0 unspecified atom stereocenters. The summed E-state index contributed by atoms with van der Waals surface area (Å²) in [5, 5.41) is 15.7. The number of nitrogens with zero attached hydrogens (tertiary/aromatic N) is 1. The molecule has 1 aliphatic rings. The van der Waals surface area contributed by atoms with Gasteiger partial charge >= 0.3 is 0 Å². The molecule has 1 aromatic carbocycles. The average molecular weight is 315 g/mol. The number of aromatic hydroxyl groups is 1. The fourth-order valence-electron chi connectivity index (χ4n) is 3.00. The summed E-state index contributed by atoms with van der Waals surface area (Å²) in [5.74, 6) is 0.563. The second kappa shape index (κ2) is 7.31. The van der Waals surface area contributed by atoms with Crippen molar-refractivity contribution in [3.63, 3.8) is 0 Å². The number of benzene rings is 1. The van der Waals surface area contributed by atoms with Crippen molar-refractivity contribution in [3.8, 4) is 5.75 Å². The number of aromatic nitrogens is 1. The van der Waals surface area contributed by atoms with E-state index in [-0.39, 0.29) is 5.75 Å². The number of halogens is 1. The molecule has 0 bridgehead atoms. The van der Waals surface area contributed by atoms with Crippen LogP contribution in [0, 0.1) is 11.7 Å². The van der Waals surface area contributed by atoms with E-state index < -0.39 is 5.82 Å². The lowest BCUT2D eigenvalue weighted by Crippen LogP contribution is -2.17. The maximum Gasteiger partial charge on any atom is 0.166 e. The van der Waals surface area contributed by atoms with Gasteiger partial charge in [-0.2, -0.15) is 0 Å². The maximum absolute atomic E-state index is 13.4. The van der Waals surface area contributed by atoms with Gasteiger partial charge in [-0.15, -0.1) is 0 Å². The number of phenolic OH excluding ortho intramolecular Hbond substituents is 1. The summed E-state index contributed by atoms with van der Waals surface area (Å²) >= 11 is 0. The number of hydrogen-bond acceptors (Lipinski definition) is 4. The summed E-state index contributed by atoms with van der Waals surface area (Å²) in [7, 11) is 0. The lowest BCUT2D eigenvalue weighted by Gasteiger charge is -2.22. The van der Waals surface area contributed by atoms with Gasteiger partial charge in [-0.25, -0.2) is 9.37 Å². The highest BCUT2D eigenvalue weighted by atomic mass is 19.1. The number of pyridine rings is 1. The second-order valence-electron chi connectivity index (χ2n) is 6.11. The Morgan fingerprint density at radius 2 is 1.87 bits per heavy atom. The number of rotatable bonds is 5. The van der Waals surface area contributed by atoms with Gasteiger partial charge in [0.1, 0.15) is 5.82 Å². The molecule has 1 heterocycles. The Balaban J connectivity index is 1.61. The number of hydrogen-bond donors (Lipinski definition) is 3. The number of nitrogens with one attached hydrogen (secondary N) is 2. The van der Waals surface area contributed by atoms with Crippen LogP contribution in [-0.2, 0) is 0 Å². The molecule has 4 nitrogen and oxygen atoms in total. The summed E-state index contributed by atoms with van der Waals surface area (Å²) in [6.45, 7) is 0.949. The van der Waals surface area contributed by atoms with Crippen LogP contribution in [0.3, 0.4) is 0 Å². The molecule has 1 fully saturated rings. The van der Waals surface area contributed by atoms with E-state index in [9.17, 15) is 9.50 Å². The minimum atomic E-state index is -0.639. The Morgan fingerprint density at radius 1 is 1.09 bits per heavy atom. The van der Waals surface area contributed by atoms with Gasteiger partial charge in [0.2, 0.25) is 0 Å². The first-order chi connectivity index (χ1) is 11.2. The molecule has 1 aromatic heterocycles. The van der Waals surface area contributed by atoms with E-state index in [0.29, 0.717) is 5.69 Å². The molecular weight excluding hydrogens is 293 g/mol. The molecule has 0 atom stereocenters. The van der Waals surface area contributed by atoms with Crippen LogP contribution in [0.1, 0.15) is 32.1 Å². The standard InChI is InChI=1S/C18H22FN3O/c19-16-10-14(6-7-17(16)23)22-15-8-9-20-18(11-15)21-12-13-4-2-1-3-5-13/h6-11,13,23H,1-5,12H2,(H2,20,21,22). The van der Waals surface area contributed by atoms with Crippen LogP contribution in [0.2, 0.25) is 0 Å². The minimum absolute atomic E-state index is 0.347. The third-order valence-electron chi connectivity index (χ3n) is 4.29. The van der Waals surface area contributed by atoms with Gasteiger partial charge in [-0.1, -0.05) is 19.3 Å². The largest absolute Gasteiger partial charge is 0.505 e. The van der Waals surface area contributed by atoms with E-state index in [1.54, 1.807) is 12.3 Å². The van der Waals surface area contributed by atoms with Crippen molar-refractivity contribution in [2.45, 2.75) is 32.1 Å². The molecule has 0 spiro atoms. The molecule has 1 saturated carbocycles. The zero-order valence-corrected chi connectivity index (χ0v) is 13.1. The second-order valence-corrected chi connectivity index (χ2v) is 6.11. The molecule has 0 aliphatic heterocycles. The fraction of sp³-hybridized carbons (Fsp3) is 0.389. The summed E-state index contributed by atoms with van der Waals surface area (Å²) in [6, 6.07) is 7.98. The molecule has 1 aliphatic carbocycles. The van der Waals surface area contributed by atoms with Gasteiger partial charge in [-0.3, -0.25) is 0 Å². The SMILES string of the molecule is Oc1ccc(Nc2ccnc(NCC3CCCCC3)c2)cc1F. The summed E-state index contributed by atoms with van der Waals surface area (Å²) in [5.41, 5.74) is 1.42. The quantitative estimate of drug-likeness (QED) is 0.702. The highest BCUT2D eigenvalue weighted by Crippen LogP contribution is 2.25. The fourth-order valence-corrected chi connectivity index (χ4v) is 3.00. The van der Waals surface area contributed by atoms with Crippen LogP contribution < -0.4 is 10.6 Å². The molecule has 5 heteroatoms. The Morgan fingerprint density at radius 3 is 2.65 bits per heavy atom. The zero-order chi connectivity index (χ0) is 16.1. The monoisotopic (exact) mass is 315 g/mol. The lowest BCUT2D eigenvalue weighted by atomic mass is 9.89. The Labute approximate surface area is 135 Å². The van der Waals surface area contributed by atoms with Gasteiger partial charge in [0, 0.05) is 36.2 Å². The lowest BCUT2D eigenvalue weighted by molar-refractivity contribution is 0.373. The van der Waals surface area contributed by atoms with Crippen LogP contribution in [-0.4, -0.2) is 16.6 Å². The van der Waals surface area contributed by atoms with Crippen LogP contribution in [0.25, 0.3) is 0 Å². The maximum atomic E-state index is 13.4. The van der Waals surface area contributed by atoms with Gasteiger partial charge in [-0.05, 0) is 37.0 Å². The van der Waals surface area contributed by atoms with Crippen molar-refractivity contribution >= 4 is 17.2 Å². The van der Waals surface area contributed by atoms with E-state index in [1.165, 1.54) is 44.2 Å². The predicted molar refractivity (Wildman–Crippen MR) is 90.6 cm³/mol. The van der Waals surface area contributed by atoms with Crippen molar-refractivity contribution in [2.75, 3.05) is 17.2 Å². The molecule has 0 amide bonds. The normalized spacial score (nSPS) is 15.3. The van der Waals surface area contributed by atoms with E-state index in [0.717, 1.165) is 24.0 Å². The molecule has 0 radical (unpaired) electrons. The highest BCUT2D eigenvalue weighted by molar-refractivity contribution is 5.63. The molecule has 122 valence electrons. The van der Waals surface area contributed by atoms with Gasteiger partial charge < -0.3 is 15.7 Å². The smallest absolute Gasteiger partial charge is 0.166 e. The summed E-state index contributed by atoms with van der Waals surface area (Å²) < 4.78 is 13.4. The van der Waals surface area contributed by atoms with E-state index in [2.05, 4.69) is 15.6 Å². The van der Waals surface area contributed by atoms with E-state index in [4.69, 9.17) is 0 Å². The van der Waals surface area contributed by atoms with Crippen molar-refractivity contribution in [3.05, 3.63) is 42.3 Å². The minimum Gasteiger partial charge on any atom is -0.505 e. The molecule has 0 saturated heterocycles. The van der Waals surface area contributed by atoms with Crippen molar-refractivity contribution in [2.24, 2.45) is 5.92 Å². The van der Waals surface area contributed by atoms with E-state index in [1.807, 2.05) is 12.1 Å². The zero-order valence-electron chi connectivity index (χ0n) is 13.1. The van der Waals surface area contributed by atoms with Crippen molar-refractivity contribution < 1.29 is 9.50 Å². The Kier molecular flexibility index (Phi) is 4.95. The van der Waals surface area contributed by atoms with E-state index >= 15 is 0 Å². The van der Waals surface area contributed by atoms with Gasteiger partial charge in [0.05, 0.1) is 0 Å². The Hall–Kier alpha value is -2.30. The van der Waals surface area contributed by atoms with Crippen LogP contribution in [0.15, 0.2) is 36.5 Å². The van der Waals surface area contributed by atoms with Gasteiger partial charge in [0.15, 0.2) is 11.6 Å². The predicted octanol–water partition coefficient (Wildman–Crippen LogP) is 4.66. The van der Waals surface area contributed by atoms with Crippen molar-refractivity contribution in [1.29, 1.82) is 0 Å². The molecule has 23 heavy (non-hydrogen) atoms. The first-order valence-electron chi connectivity index (χ1n) is 8.16. The molecular formula is C18H22FN3O. The molecule has 3 N–H and O–H groups in total. The summed E-state index contributed by atoms with van der Waals surface area (Å²) in [4.78, 5) is 4.33. The molecule has 3 rings (SSSR count). The Bertz CT molecular complexity index is 656. The number of anilines is 3. The first kappa shape index (κ1) is 15.6. The van der Waals surface area contributed by atoms with Crippen molar-refractivity contribution in [1.82, 2.24) is 4.98 Å². The van der Waals surface area contributed by atoms with Crippen LogP contribution >= 0.6 is 0 Å². The third kappa shape index (κ3) is 4.34.